The largest absolute Gasteiger partial charge is 0.468 e. The molecule has 0 radical (unpaired) electrons. The minimum absolute atomic E-state index is 0.238. The molecular weight excluding hydrogens is 166 g/mol. The highest BCUT2D eigenvalue weighted by Gasteiger charge is 2.40. The molecule has 76 valence electrons. The summed E-state index contributed by atoms with van der Waals surface area (Å²) in [5, 5.41) is 0. The number of hydrogen-bond acceptors (Lipinski definition) is 3. The molecule has 0 aromatic heterocycles. The van der Waals surface area contributed by atoms with Crippen LogP contribution in [0, 0.1) is 5.92 Å². The number of rotatable bonds is 1. The van der Waals surface area contributed by atoms with E-state index in [9.17, 15) is 4.79 Å². The number of esters is 1. The predicted octanol–water partition coefficient (Wildman–Crippen LogP) is 1.46. The molecule has 2 unspecified atom stereocenters. The second kappa shape index (κ2) is 4.09. The molecule has 0 aromatic carbocycles. The molecule has 0 aromatic rings. The normalized spacial score (nSPS) is 35.2. The van der Waals surface area contributed by atoms with Gasteiger partial charge in [0.15, 0.2) is 0 Å². The topological polar surface area (TPSA) is 52.3 Å². The molecule has 1 rings (SSSR count). The molecule has 3 heteroatoms. The third-order valence-electron chi connectivity index (χ3n) is 3.17. The lowest BCUT2D eigenvalue weighted by Gasteiger charge is -2.30. The second-order valence-corrected chi connectivity index (χ2v) is 4.03. The van der Waals surface area contributed by atoms with Crippen molar-refractivity contribution < 1.29 is 9.53 Å². The molecule has 0 aliphatic heterocycles. The van der Waals surface area contributed by atoms with Crippen molar-refractivity contribution in [2.24, 2.45) is 11.7 Å². The lowest BCUT2D eigenvalue weighted by Crippen LogP contribution is -2.53. The van der Waals surface area contributed by atoms with Gasteiger partial charge in [0.05, 0.1) is 7.11 Å². The molecule has 0 spiro atoms. The zero-order chi connectivity index (χ0) is 9.90. The summed E-state index contributed by atoms with van der Waals surface area (Å²) < 4.78 is 4.75. The third kappa shape index (κ3) is 2.02. The highest BCUT2D eigenvalue weighted by molar-refractivity contribution is 5.80. The first-order valence-corrected chi connectivity index (χ1v) is 4.98. The fraction of sp³-hybridized carbons (Fsp3) is 0.900. The first-order valence-electron chi connectivity index (χ1n) is 4.98. The molecule has 2 N–H and O–H groups in total. The molecule has 0 amide bonds. The van der Waals surface area contributed by atoms with Crippen LogP contribution in [-0.4, -0.2) is 18.6 Å². The Hall–Kier alpha value is -0.570. The van der Waals surface area contributed by atoms with Crippen molar-refractivity contribution in [1.29, 1.82) is 0 Å². The molecule has 1 fully saturated rings. The van der Waals surface area contributed by atoms with Gasteiger partial charge in [0.25, 0.3) is 0 Å². The first-order chi connectivity index (χ1) is 6.11. The van der Waals surface area contributed by atoms with Crippen LogP contribution in [0.1, 0.15) is 39.0 Å². The number of ether oxygens (including phenoxy) is 1. The van der Waals surface area contributed by atoms with E-state index in [1.54, 1.807) is 0 Å². The van der Waals surface area contributed by atoms with Crippen molar-refractivity contribution in [2.45, 2.75) is 44.6 Å². The van der Waals surface area contributed by atoms with Crippen LogP contribution in [0.5, 0.6) is 0 Å². The maximum absolute atomic E-state index is 11.5. The van der Waals surface area contributed by atoms with Crippen molar-refractivity contribution in [2.75, 3.05) is 7.11 Å². The number of nitrogens with two attached hydrogens (primary N) is 1. The van der Waals surface area contributed by atoms with Gasteiger partial charge in [-0.25, -0.2) is 0 Å². The molecule has 0 saturated heterocycles. The number of hydrogen-bond donors (Lipinski definition) is 1. The maximum atomic E-state index is 11.5. The van der Waals surface area contributed by atoms with Crippen molar-refractivity contribution >= 4 is 5.97 Å². The van der Waals surface area contributed by atoms with Gasteiger partial charge in [-0.2, -0.15) is 0 Å². The van der Waals surface area contributed by atoms with Gasteiger partial charge in [-0.1, -0.05) is 26.2 Å². The van der Waals surface area contributed by atoms with E-state index in [0.717, 1.165) is 19.3 Å². The number of carbonyl (C=O) groups is 1. The van der Waals surface area contributed by atoms with Gasteiger partial charge in [0, 0.05) is 0 Å². The molecule has 13 heavy (non-hydrogen) atoms. The van der Waals surface area contributed by atoms with E-state index in [2.05, 4.69) is 0 Å². The van der Waals surface area contributed by atoms with Crippen LogP contribution in [0.3, 0.4) is 0 Å². The summed E-state index contributed by atoms with van der Waals surface area (Å²) >= 11 is 0. The van der Waals surface area contributed by atoms with Gasteiger partial charge in [0.1, 0.15) is 5.54 Å². The van der Waals surface area contributed by atoms with E-state index in [4.69, 9.17) is 10.5 Å². The lowest BCUT2D eigenvalue weighted by molar-refractivity contribution is -0.149. The van der Waals surface area contributed by atoms with Crippen LogP contribution < -0.4 is 5.73 Å². The standard InChI is InChI=1S/C10H19NO2/c1-8-6-4-3-5-7-10(8,11)9(12)13-2/h8H,3-7,11H2,1-2H3. The van der Waals surface area contributed by atoms with Gasteiger partial charge in [-0.15, -0.1) is 0 Å². The zero-order valence-corrected chi connectivity index (χ0v) is 8.51. The SMILES string of the molecule is COC(=O)C1(N)CCCCCC1C. The average Bonchev–Trinajstić information content (AvgIpc) is 2.29. The first kappa shape index (κ1) is 10.5. The predicted molar refractivity (Wildman–Crippen MR) is 51.2 cm³/mol. The highest BCUT2D eigenvalue weighted by Crippen LogP contribution is 2.31. The van der Waals surface area contributed by atoms with E-state index in [-0.39, 0.29) is 11.9 Å². The number of methoxy groups -OCH3 is 1. The summed E-state index contributed by atoms with van der Waals surface area (Å²) in [6.07, 6.45) is 5.19. The summed E-state index contributed by atoms with van der Waals surface area (Å²) in [6, 6.07) is 0. The Morgan fingerprint density at radius 1 is 1.46 bits per heavy atom. The Bertz CT molecular complexity index is 193. The molecule has 1 aliphatic rings. The van der Waals surface area contributed by atoms with Crippen molar-refractivity contribution in [3.8, 4) is 0 Å². The highest BCUT2D eigenvalue weighted by atomic mass is 16.5. The van der Waals surface area contributed by atoms with Crippen LogP contribution in [0.25, 0.3) is 0 Å². The molecule has 2 atom stereocenters. The van der Waals surface area contributed by atoms with Crippen molar-refractivity contribution in [3.05, 3.63) is 0 Å². The Morgan fingerprint density at radius 2 is 2.15 bits per heavy atom. The fourth-order valence-electron chi connectivity index (χ4n) is 2.04. The Morgan fingerprint density at radius 3 is 2.77 bits per heavy atom. The Kier molecular flexibility index (Phi) is 3.31. The average molecular weight is 185 g/mol. The van der Waals surface area contributed by atoms with Crippen LogP contribution in [0.4, 0.5) is 0 Å². The summed E-state index contributed by atoms with van der Waals surface area (Å²) in [7, 11) is 1.41. The van der Waals surface area contributed by atoms with Crippen molar-refractivity contribution in [1.82, 2.24) is 0 Å². The maximum Gasteiger partial charge on any atom is 0.326 e. The summed E-state index contributed by atoms with van der Waals surface area (Å²) in [5.74, 6) is -0.00986. The molecule has 0 heterocycles. The molecular formula is C10H19NO2. The molecule has 3 nitrogen and oxygen atoms in total. The molecule has 1 saturated carbocycles. The second-order valence-electron chi connectivity index (χ2n) is 4.03. The minimum Gasteiger partial charge on any atom is -0.468 e. The zero-order valence-electron chi connectivity index (χ0n) is 8.51. The van der Waals surface area contributed by atoms with Gasteiger partial charge in [-0.3, -0.25) is 4.79 Å². The summed E-state index contributed by atoms with van der Waals surface area (Å²) in [6.45, 7) is 2.04. The summed E-state index contributed by atoms with van der Waals surface area (Å²) in [5.41, 5.74) is 5.35. The van der Waals surface area contributed by atoms with Gasteiger partial charge < -0.3 is 10.5 Å². The van der Waals surface area contributed by atoms with E-state index < -0.39 is 5.54 Å². The van der Waals surface area contributed by atoms with Gasteiger partial charge >= 0.3 is 5.97 Å². The molecule has 1 aliphatic carbocycles. The van der Waals surface area contributed by atoms with Crippen LogP contribution in [0.2, 0.25) is 0 Å². The molecule has 0 bridgehead atoms. The summed E-state index contributed by atoms with van der Waals surface area (Å²) in [4.78, 5) is 11.5. The lowest BCUT2D eigenvalue weighted by atomic mass is 9.82. The monoisotopic (exact) mass is 185 g/mol. The van der Waals surface area contributed by atoms with Crippen molar-refractivity contribution in [3.63, 3.8) is 0 Å². The Balaban J connectivity index is 2.76. The minimum atomic E-state index is -0.731. The van der Waals surface area contributed by atoms with Crippen LogP contribution in [-0.2, 0) is 9.53 Å². The van der Waals surface area contributed by atoms with Crippen LogP contribution in [0.15, 0.2) is 0 Å². The quantitative estimate of drug-likeness (QED) is 0.497. The van der Waals surface area contributed by atoms with E-state index in [0.29, 0.717) is 0 Å². The van der Waals surface area contributed by atoms with Crippen LogP contribution >= 0.6 is 0 Å². The fourth-order valence-corrected chi connectivity index (χ4v) is 2.04. The van der Waals surface area contributed by atoms with Gasteiger partial charge in [-0.05, 0) is 18.8 Å². The smallest absolute Gasteiger partial charge is 0.326 e. The third-order valence-corrected chi connectivity index (χ3v) is 3.17. The van der Waals surface area contributed by atoms with E-state index in [1.165, 1.54) is 20.0 Å². The van der Waals surface area contributed by atoms with Gasteiger partial charge in [0.2, 0.25) is 0 Å². The van der Waals surface area contributed by atoms with E-state index >= 15 is 0 Å². The Labute approximate surface area is 79.6 Å². The number of carbonyl (C=O) groups excluding carboxylic acids is 1. The van der Waals surface area contributed by atoms with E-state index in [1.807, 2.05) is 6.92 Å².